The summed E-state index contributed by atoms with van der Waals surface area (Å²) in [5.74, 6) is -1.07. The van der Waals surface area contributed by atoms with Gasteiger partial charge in [-0.1, -0.05) is 11.2 Å². The van der Waals surface area contributed by atoms with Crippen LogP contribution >= 0.6 is 15.9 Å². The highest BCUT2D eigenvalue weighted by atomic mass is 79.9. The summed E-state index contributed by atoms with van der Waals surface area (Å²) >= 11 is 3.02. The van der Waals surface area contributed by atoms with Crippen LogP contribution in [-0.2, 0) is 6.54 Å². The van der Waals surface area contributed by atoms with Crippen molar-refractivity contribution in [3.8, 4) is 0 Å². The molecular weight excluding hydrogens is 291 g/mol. The van der Waals surface area contributed by atoms with Crippen LogP contribution in [0.2, 0.25) is 0 Å². The van der Waals surface area contributed by atoms with Crippen molar-refractivity contribution >= 4 is 21.8 Å². The largest absolute Gasteiger partial charge is 0.364 e. The molecule has 17 heavy (non-hydrogen) atoms. The fraction of sp³-hybridized carbons (Fsp3) is 0.0909. The highest BCUT2D eigenvalue weighted by molar-refractivity contribution is 9.10. The van der Waals surface area contributed by atoms with Gasteiger partial charge >= 0.3 is 0 Å². The van der Waals surface area contributed by atoms with Gasteiger partial charge in [0.05, 0.1) is 16.6 Å². The van der Waals surface area contributed by atoms with E-state index in [0.29, 0.717) is 5.69 Å². The van der Waals surface area contributed by atoms with E-state index in [4.69, 9.17) is 0 Å². The average Bonchev–Trinajstić information content (AvgIpc) is 2.82. The Morgan fingerprint density at radius 1 is 1.47 bits per heavy atom. The predicted octanol–water partition coefficient (Wildman–Crippen LogP) is 2.51. The third-order valence-corrected chi connectivity index (χ3v) is 2.73. The van der Waals surface area contributed by atoms with Gasteiger partial charge in [-0.25, -0.2) is 4.39 Å². The molecule has 0 radical (unpaired) electrons. The van der Waals surface area contributed by atoms with Crippen LogP contribution in [0.3, 0.4) is 0 Å². The van der Waals surface area contributed by atoms with Crippen LogP contribution in [0, 0.1) is 5.82 Å². The van der Waals surface area contributed by atoms with Crippen LogP contribution < -0.4 is 5.32 Å². The van der Waals surface area contributed by atoms with Gasteiger partial charge in [-0.3, -0.25) is 4.79 Å². The van der Waals surface area contributed by atoms with Gasteiger partial charge in [0.15, 0.2) is 0 Å². The minimum Gasteiger partial charge on any atom is -0.364 e. The van der Waals surface area contributed by atoms with Gasteiger partial charge < -0.3 is 9.84 Å². The number of carbonyl (C=O) groups is 1. The number of halogens is 2. The van der Waals surface area contributed by atoms with E-state index in [9.17, 15) is 9.18 Å². The zero-order chi connectivity index (χ0) is 12.3. The van der Waals surface area contributed by atoms with E-state index in [1.165, 1.54) is 18.4 Å². The molecule has 6 heteroatoms. The van der Waals surface area contributed by atoms with Crippen molar-refractivity contribution in [1.29, 1.82) is 0 Å². The number of carbonyl (C=O) groups excluding carboxylic acids is 1. The number of benzene rings is 1. The minimum atomic E-state index is -0.579. The Morgan fingerprint density at radius 2 is 2.29 bits per heavy atom. The molecule has 0 aliphatic rings. The van der Waals surface area contributed by atoms with Crippen LogP contribution in [0.25, 0.3) is 0 Å². The summed E-state index contributed by atoms with van der Waals surface area (Å²) in [5, 5.41) is 6.18. The zero-order valence-electron chi connectivity index (χ0n) is 8.61. The van der Waals surface area contributed by atoms with E-state index in [0.717, 1.165) is 0 Å². The molecule has 1 N–H and O–H groups in total. The van der Waals surface area contributed by atoms with Crippen LogP contribution in [0.15, 0.2) is 39.5 Å². The van der Waals surface area contributed by atoms with Crippen molar-refractivity contribution < 1.29 is 13.7 Å². The standard InChI is InChI=1S/C11H8BrFN2O2/c12-9-3-1-2-8(10(9)13)11(16)14-6-7-4-5-17-15-7/h1-5H,6H2,(H,14,16). The van der Waals surface area contributed by atoms with Gasteiger partial charge in [0.25, 0.3) is 5.91 Å². The predicted molar refractivity (Wildman–Crippen MR) is 61.8 cm³/mol. The second-order valence-electron chi connectivity index (χ2n) is 3.27. The molecule has 1 aromatic heterocycles. The van der Waals surface area contributed by atoms with E-state index in [2.05, 4.69) is 30.9 Å². The molecule has 0 fully saturated rings. The summed E-state index contributed by atoms with van der Waals surface area (Å²) in [7, 11) is 0. The first-order valence-electron chi connectivity index (χ1n) is 4.80. The summed E-state index contributed by atoms with van der Waals surface area (Å²) in [6.07, 6.45) is 1.40. The number of hydrogen-bond acceptors (Lipinski definition) is 3. The third kappa shape index (κ3) is 2.71. The maximum atomic E-state index is 13.6. The van der Waals surface area contributed by atoms with Gasteiger partial charge in [0, 0.05) is 6.07 Å². The maximum absolute atomic E-state index is 13.6. The lowest BCUT2D eigenvalue weighted by Crippen LogP contribution is -2.24. The van der Waals surface area contributed by atoms with E-state index in [-0.39, 0.29) is 16.6 Å². The van der Waals surface area contributed by atoms with Gasteiger partial charge in [0.1, 0.15) is 17.8 Å². The molecule has 0 aliphatic carbocycles. The fourth-order valence-electron chi connectivity index (χ4n) is 1.27. The van der Waals surface area contributed by atoms with Crippen molar-refractivity contribution in [3.05, 3.63) is 52.1 Å². The first kappa shape index (κ1) is 11.8. The van der Waals surface area contributed by atoms with E-state index >= 15 is 0 Å². The zero-order valence-corrected chi connectivity index (χ0v) is 10.2. The molecule has 1 heterocycles. The normalized spacial score (nSPS) is 10.2. The Hall–Kier alpha value is -1.69. The molecule has 2 rings (SSSR count). The lowest BCUT2D eigenvalue weighted by atomic mass is 10.2. The number of rotatable bonds is 3. The SMILES string of the molecule is O=C(NCc1ccon1)c1cccc(Br)c1F. The summed E-state index contributed by atoms with van der Waals surface area (Å²) < 4.78 is 18.4. The minimum absolute atomic E-state index is 0.0112. The van der Waals surface area contributed by atoms with E-state index < -0.39 is 11.7 Å². The first-order chi connectivity index (χ1) is 8.18. The van der Waals surface area contributed by atoms with Crippen LogP contribution in [0.1, 0.15) is 16.1 Å². The Balaban J connectivity index is 2.07. The molecule has 0 spiro atoms. The summed E-state index contributed by atoms with van der Waals surface area (Å²) in [4.78, 5) is 11.7. The Kier molecular flexibility index (Phi) is 3.53. The number of amides is 1. The summed E-state index contributed by atoms with van der Waals surface area (Å²) in [6.45, 7) is 0.196. The molecule has 1 aromatic carbocycles. The van der Waals surface area contributed by atoms with E-state index in [1.54, 1.807) is 12.1 Å². The highest BCUT2D eigenvalue weighted by Crippen LogP contribution is 2.18. The Labute approximate surface area is 105 Å². The molecule has 0 aliphatic heterocycles. The van der Waals surface area contributed by atoms with Gasteiger partial charge in [0.2, 0.25) is 0 Å². The van der Waals surface area contributed by atoms with Gasteiger partial charge in [-0.05, 0) is 28.1 Å². The number of nitrogens with zero attached hydrogens (tertiary/aromatic N) is 1. The molecule has 0 bridgehead atoms. The van der Waals surface area contributed by atoms with Crippen molar-refractivity contribution in [2.24, 2.45) is 0 Å². The third-order valence-electron chi connectivity index (χ3n) is 2.12. The monoisotopic (exact) mass is 298 g/mol. The van der Waals surface area contributed by atoms with Crippen LogP contribution in [0.4, 0.5) is 4.39 Å². The Morgan fingerprint density at radius 3 is 3.00 bits per heavy atom. The number of nitrogens with one attached hydrogen (secondary N) is 1. The highest BCUT2D eigenvalue weighted by Gasteiger charge is 2.13. The molecule has 88 valence electrons. The molecule has 1 amide bonds. The van der Waals surface area contributed by atoms with Crippen molar-refractivity contribution in [1.82, 2.24) is 10.5 Å². The quantitative estimate of drug-likeness (QED) is 0.947. The van der Waals surface area contributed by atoms with Gasteiger partial charge in [-0.15, -0.1) is 0 Å². The lowest BCUT2D eigenvalue weighted by Gasteiger charge is -2.05. The van der Waals surface area contributed by atoms with E-state index in [1.807, 2.05) is 0 Å². The molecular formula is C11H8BrFN2O2. The molecule has 0 saturated heterocycles. The molecule has 0 atom stereocenters. The summed E-state index contributed by atoms with van der Waals surface area (Å²) in [5.41, 5.74) is 0.566. The Bertz CT molecular complexity index is 528. The van der Waals surface area contributed by atoms with Crippen LogP contribution in [-0.4, -0.2) is 11.1 Å². The van der Waals surface area contributed by atoms with Crippen molar-refractivity contribution in [2.75, 3.05) is 0 Å². The van der Waals surface area contributed by atoms with Crippen molar-refractivity contribution in [2.45, 2.75) is 6.54 Å². The molecule has 4 nitrogen and oxygen atoms in total. The molecule has 0 unspecified atom stereocenters. The lowest BCUT2D eigenvalue weighted by molar-refractivity contribution is 0.0946. The molecule has 0 saturated carbocycles. The molecule has 2 aromatic rings. The smallest absolute Gasteiger partial charge is 0.254 e. The van der Waals surface area contributed by atoms with Gasteiger partial charge in [-0.2, -0.15) is 0 Å². The average molecular weight is 299 g/mol. The summed E-state index contributed by atoms with van der Waals surface area (Å²) in [6, 6.07) is 6.16. The second-order valence-corrected chi connectivity index (χ2v) is 4.13. The first-order valence-corrected chi connectivity index (χ1v) is 5.59. The number of hydrogen-bond donors (Lipinski definition) is 1. The maximum Gasteiger partial charge on any atom is 0.254 e. The van der Waals surface area contributed by atoms with Crippen LogP contribution in [0.5, 0.6) is 0 Å². The topological polar surface area (TPSA) is 55.1 Å². The van der Waals surface area contributed by atoms with Crippen molar-refractivity contribution in [3.63, 3.8) is 0 Å². The second kappa shape index (κ2) is 5.09. The number of aromatic nitrogens is 1. The fourth-order valence-corrected chi connectivity index (χ4v) is 1.64.